The van der Waals surface area contributed by atoms with E-state index < -0.39 is 10.0 Å². The topological polar surface area (TPSA) is 91.7 Å². The van der Waals surface area contributed by atoms with E-state index in [1.807, 2.05) is 6.92 Å². The van der Waals surface area contributed by atoms with Gasteiger partial charge in [-0.2, -0.15) is 0 Å². The predicted octanol–water partition coefficient (Wildman–Crippen LogP) is 2.34. The molecule has 0 aliphatic carbocycles. The van der Waals surface area contributed by atoms with Gasteiger partial charge in [-0.3, -0.25) is 4.79 Å². The van der Waals surface area contributed by atoms with Gasteiger partial charge in [0.2, 0.25) is 0 Å². The third kappa shape index (κ3) is 4.23. The molecule has 4 heterocycles. The van der Waals surface area contributed by atoms with Crippen LogP contribution in [-0.4, -0.2) is 48.9 Å². The Kier molecular flexibility index (Phi) is 5.17. The molecular weight excluding hydrogens is 416 g/mol. The van der Waals surface area contributed by atoms with Gasteiger partial charge in [-0.1, -0.05) is 0 Å². The number of rotatable bonds is 5. The summed E-state index contributed by atoms with van der Waals surface area (Å²) in [5.74, 6) is 0.122. The third-order valence-corrected chi connectivity index (χ3v) is 7.38. The van der Waals surface area contributed by atoms with Crippen LogP contribution in [0.1, 0.15) is 9.88 Å². The average Bonchev–Trinajstić information content (AvgIpc) is 3.29. The number of thiazole rings is 1. The molecule has 4 rings (SSSR count). The first-order valence-electron chi connectivity index (χ1n) is 8.68. The minimum Gasteiger partial charge on any atom is -0.352 e. The summed E-state index contributed by atoms with van der Waals surface area (Å²) in [5, 5.41) is 6.02. The maximum absolute atomic E-state index is 12.4. The number of aromatic nitrogens is 1. The molecule has 0 saturated heterocycles. The van der Waals surface area contributed by atoms with Crippen LogP contribution in [0, 0.1) is 6.92 Å². The molecule has 0 fully saturated rings. The summed E-state index contributed by atoms with van der Waals surface area (Å²) in [6.07, 6.45) is 5.55. The van der Waals surface area contributed by atoms with Crippen molar-refractivity contribution in [1.29, 1.82) is 0 Å². The number of nitrogens with zero attached hydrogens (tertiary/aromatic N) is 3. The van der Waals surface area contributed by atoms with Crippen molar-refractivity contribution < 1.29 is 13.2 Å². The Morgan fingerprint density at radius 1 is 1.32 bits per heavy atom. The SMILES string of the molecule is Cc1nc(-c2ccc(CCNC(=O)C3=CN4CCS(=O)(=O)N=C4C=C3)s2)cs1. The van der Waals surface area contributed by atoms with Gasteiger partial charge in [0, 0.05) is 29.5 Å². The number of amides is 1. The highest BCUT2D eigenvalue weighted by Crippen LogP contribution is 2.29. The summed E-state index contributed by atoms with van der Waals surface area (Å²) < 4.78 is 26.8. The molecule has 2 aromatic rings. The monoisotopic (exact) mass is 434 g/mol. The lowest BCUT2D eigenvalue weighted by atomic mass is 10.1. The van der Waals surface area contributed by atoms with E-state index in [2.05, 4.69) is 32.2 Å². The number of fused-ring (bicyclic) bond motifs is 1. The largest absolute Gasteiger partial charge is 0.352 e. The molecule has 0 radical (unpaired) electrons. The van der Waals surface area contributed by atoms with Crippen LogP contribution in [0.2, 0.25) is 0 Å². The summed E-state index contributed by atoms with van der Waals surface area (Å²) >= 11 is 3.32. The number of hydrogen-bond acceptors (Lipinski definition) is 7. The molecular formula is C18H18N4O3S3. The minimum atomic E-state index is -3.39. The van der Waals surface area contributed by atoms with Crippen LogP contribution < -0.4 is 5.32 Å². The molecule has 2 aliphatic heterocycles. The number of sulfonamides is 1. The Labute approximate surface area is 171 Å². The molecule has 0 aromatic carbocycles. The fourth-order valence-electron chi connectivity index (χ4n) is 2.86. The predicted molar refractivity (Wildman–Crippen MR) is 112 cm³/mol. The Morgan fingerprint density at radius 2 is 2.18 bits per heavy atom. The normalized spacial score (nSPS) is 17.7. The van der Waals surface area contributed by atoms with Gasteiger partial charge < -0.3 is 10.2 Å². The van der Waals surface area contributed by atoms with Crippen LogP contribution in [0.15, 0.2) is 45.8 Å². The molecule has 2 aliphatic rings. The van der Waals surface area contributed by atoms with E-state index in [0.717, 1.165) is 22.0 Å². The fraction of sp³-hybridized carbons (Fsp3) is 0.278. The van der Waals surface area contributed by atoms with Crippen LogP contribution in [0.5, 0.6) is 0 Å². The number of aryl methyl sites for hydroxylation is 1. The highest BCUT2D eigenvalue weighted by molar-refractivity contribution is 7.90. The van der Waals surface area contributed by atoms with Crippen molar-refractivity contribution in [2.24, 2.45) is 4.40 Å². The first-order chi connectivity index (χ1) is 13.4. The first kappa shape index (κ1) is 19.0. The molecule has 146 valence electrons. The summed E-state index contributed by atoms with van der Waals surface area (Å²) in [7, 11) is -3.39. The van der Waals surface area contributed by atoms with Crippen LogP contribution in [0.3, 0.4) is 0 Å². The second-order valence-electron chi connectivity index (χ2n) is 6.37. The van der Waals surface area contributed by atoms with E-state index in [1.54, 1.807) is 45.9 Å². The molecule has 0 unspecified atom stereocenters. The van der Waals surface area contributed by atoms with E-state index in [9.17, 15) is 13.2 Å². The number of thiophene rings is 1. The number of carbonyl (C=O) groups is 1. The zero-order chi connectivity index (χ0) is 19.7. The molecule has 0 atom stereocenters. The van der Waals surface area contributed by atoms with Gasteiger partial charge in [0.15, 0.2) is 0 Å². The van der Waals surface area contributed by atoms with Gasteiger partial charge in [-0.25, -0.2) is 13.4 Å². The quantitative estimate of drug-likeness (QED) is 0.780. The van der Waals surface area contributed by atoms with Gasteiger partial charge in [-0.15, -0.1) is 27.1 Å². The zero-order valence-electron chi connectivity index (χ0n) is 15.1. The van der Waals surface area contributed by atoms with Crippen LogP contribution >= 0.6 is 22.7 Å². The van der Waals surface area contributed by atoms with Crippen LogP contribution in [0.25, 0.3) is 10.6 Å². The molecule has 0 bridgehead atoms. The Hall–Kier alpha value is -2.30. The summed E-state index contributed by atoms with van der Waals surface area (Å²) in [4.78, 5) is 20.9. The molecule has 0 saturated carbocycles. The third-order valence-electron chi connectivity index (χ3n) is 4.28. The number of nitrogens with one attached hydrogen (secondary N) is 1. The Morgan fingerprint density at radius 3 is 2.96 bits per heavy atom. The highest BCUT2D eigenvalue weighted by Gasteiger charge is 2.24. The van der Waals surface area contributed by atoms with Crippen molar-refractivity contribution >= 4 is 44.4 Å². The molecule has 1 amide bonds. The summed E-state index contributed by atoms with van der Waals surface area (Å²) in [6, 6.07) is 4.13. The number of amidine groups is 1. The maximum atomic E-state index is 12.4. The number of hydrogen-bond donors (Lipinski definition) is 1. The second kappa shape index (κ2) is 7.61. The molecule has 2 aromatic heterocycles. The first-order valence-corrected chi connectivity index (χ1v) is 12.0. The van der Waals surface area contributed by atoms with Gasteiger partial charge in [0.1, 0.15) is 5.84 Å². The van der Waals surface area contributed by atoms with Gasteiger partial charge in [0.05, 0.1) is 26.9 Å². The zero-order valence-corrected chi connectivity index (χ0v) is 17.5. The van der Waals surface area contributed by atoms with Gasteiger partial charge >= 0.3 is 0 Å². The van der Waals surface area contributed by atoms with Crippen molar-refractivity contribution in [2.45, 2.75) is 13.3 Å². The lowest BCUT2D eigenvalue weighted by Crippen LogP contribution is -2.38. The standard InChI is InChI=1S/C18H18N4O3S3/c1-12-20-15(11-26-12)16-4-3-14(27-16)6-7-19-18(23)13-2-5-17-21-28(24,25)9-8-22(17)10-13/h2-5,10-11H,6-9H2,1H3,(H,19,23). The highest BCUT2D eigenvalue weighted by atomic mass is 32.2. The molecule has 0 spiro atoms. The van der Waals surface area contributed by atoms with Gasteiger partial charge in [0.25, 0.3) is 15.9 Å². The minimum absolute atomic E-state index is 0.0467. The van der Waals surface area contributed by atoms with Crippen molar-refractivity contribution in [3.63, 3.8) is 0 Å². The molecule has 1 N–H and O–H groups in total. The smallest absolute Gasteiger partial charge is 0.256 e. The maximum Gasteiger partial charge on any atom is 0.256 e. The van der Waals surface area contributed by atoms with Gasteiger partial charge in [-0.05, 0) is 37.6 Å². The molecule has 7 nitrogen and oxygen atoms in total. The van der Waals surface area contributed by atoms with Crippen molar-refractivity contribution in [1.82, 2.24) is 15.2 Å². The van der Waals surface area contributed by atoms with E-state index >= 15 is 0 Å². The van der Waals surface area contributed by atoms with E-state index in [-0.39, 0.29) is 11.7 Å². The van der Waals surface area contributed by atoms with E-state index in [1.165, 1.54) is 4.88 Å². The van der Waals surface area contributed by atoms with E-state index in [4.69, 9.17) is 0 Å². The number of carbonyl (C=O) groups excluding carboxylic acids is 1. The van der Waals surface area contributed by atoms with Crippen molar-refractivity contribution in [2.75, 3.05) is 18.8 Å². The Bertz CT molecular complexity index is 1110. The average molecular weight is 435 g/mol. The lowest BCUT2D eigenvalue weighted by Gasteiger charge is -2.26. The van der Waals surface area contributed by atoms with Crippen LogP contribution in [0.4, 0.5) is 0 Å². The lowest BCUT2D eigenvalue weighted by molar-refractivity contribution is -0.117. The van der Waals surface area contributed by atoms with E-state index in [0.29, 0.717) is 24.5 Å². The van der Waals surface area contributed by atoms with Crippen LogP contribution in [-0.2, 0) is 21.2 Å². The Balaban J connectivity index is 1.33. The fourth-order valence-corrected chi connectivity index (χ4v) is 5.49. The summed E-state index contributed by atoms with van der Waals surface area (Å²) in [6.45, 7) is 2.82. The summed E-state index contributed by atoms with van der Waals surface area (Å²) in [5.41, 5.74) is 1.49. The second-order valence-corrected chi connectivity index (χ2v) is 10.4. The van der Waals surface area contributed by atoms with Crippen molar-refractivity contribution in [3.8, 4) is 10.6 Å². The molecule has 10 heteroatoms. The van der Waals surface area contributed by atoms with Crippen molar-refractivity contribution in [3.05, 3.63) is 51.3 Å². The molecule has 28 heavy (non-hydrogen) atoms.